The second-order valence-corrected chi connectivity index (χ2v) is 13.5. The molecule has 1 heteroatoms. The van der Waals surface area contributed by atoms with Crippen molar-refractivity contribution < 1.29 is 4.74 Å². The van der Waals surface area contributed by atoms with Crippen molar-refractivity contribution in [2.45, 2.75) is 78.1 Å². The zero-order chi connectivity index (χ0) is 35.0. The lowest BCUT2D eigenvalue weighted by Crippen LogP contribution is -2.07. The van der Waals surface area contributed by atoms with E-state index in [9.17, 15) is 0 Å². The Morgan fingerprint density at radius 3 is 1.24 bits per heavy atom. The van der Waals surface area contributed by atoms with E-state index in [1.807, 2.05) is 0 Å². The Bertz CT molecular complexity index is 1710. The molecule has 0 radical (unpaired) electrons. The van der Waals surface area contributed by atoms with E-state index in [1.165, 1.54) is 82.2 Å². The highest BCUT2D eigenvalue weighted by Crippen LogP contribution is 2.36. The van der Waals surface area contributed by atoms with Crippen molar-refractivity contribution in [2.75, 3.05) is 6.61 Å². The van der Waals surface area contributed by atoms with Crippen LogP contribution in [0.2, 0.25) is 0 Å². The topological polar surface area (TPSA) is 9.23 Å². The van der Waals surface area contributed by atoms with Gasteiger partial charge in [0.05, 0.1) is 6.61 Å². The molecule has 1 nitrogen and oxygen atoms in total. The van der Waals surface area contributed by atoms with Gasteiger partial charge in [-0.2, -0.15) is 0 Å². The van der Waals surface area contributed by atoms with Gasteiger partial charge in [-0.15, -0.1) is 0 Å². The summed E-state index contributed by atoms with van der Waals surface area (Å²) in [4.78, 5) is 0. The summed E-state index contributed by atoms with van der Waals surface area (Å²) in [7, 11) is 0. The van der Waals surface area contributed by atoms with E-state index in [0.717, 1.165) is 18.8 Å². The molecule has 0 N–H and O–H groups in total. The molecule has 0 bridgehead atoms. The van der Waals surface area contributed by atoms with Crippen molar-refractivity contribution in [1.82, 2.24) is 0 Å². The Hall–Kier alpha value is -4.88. The minimum absolute atomic E-state index is 0.245. The van der Waals surface area contributed by atoms with E-state index in [0.29, 0.717) is 5.92 Å². The first-order valence-corrected chi connectivity index (χ1v) is 18.6. The number of aryl methyl sites for hydroxylation is 3. The second-order valence-electron chi connectivity index (χ2n) is 13.5. The summed E-state index contributed by atoms with van der Waals surface area (Å²) < 4.78 is 5.96. The Labute approximate surface area is 302 Å². The third kappa shape index (κ3) is 10.3. The lowest BCUT2D eigenvalue weighted by molar-refractivity contribution is 0.304. The van der Waals surface area contributed by atoms with Gasteiger partial charge in [-0.25, -0.2) is 0 Å². The van der Waals surface area contributed by atoms with E-state index in [-0.39, 0.29) is 5.92 Å². The number of unbranched alkanes of at least 4 members (excludes halogenated alkanes) is 5. The Balaban J connectivity index is 0.000000200. The molecule has 256 valence electrons. The van der Waals surface area contributed by atoms with Crippen LogP contribution in [0.5, 0.6) is 5.75 Å². The van der Waals surface area contributed by atoms with Gasteiger partial charge in [0.15, 0.2) is 0 Å². The number of rotatable bonds is 14. The largest absolute Gasteiger partial charge is 0.494 e. The van der Waals surface area contributed by atoms with Crippen LogP contribution in [0.4, 0.5) is 0 Å². The van der Waals surface area contributed by atoms with Gasteiger partial charge in [0.2, 0.25) is 0 Å². The van der Waals surface area contributed by atoms with E-state index >= 15 is 0 Å². The molecular weight excluding hydrogens is 605 g/mol. The van der Waals surface area contributed by atoms with Crippen LogP contribution in [0.15, 0.2) is 158 Å². The minimum Gasteiger partial charge on any atom is -0.494 e. The molecule has 0 heterocycles. The van der Waals surface area contributed by atoms with Crippen LogP contribution in [0.3, 0.4) is 0 Å². The van der Waals surface area contributed by atoms with Crippen LogP contribution in [-0.4, -0.2) is 6.61 Å². The highest BCUT2D eigenvalue weighted by Gasteiger charge is 2.20. The molecule has 0 aliphatic heterocycles. The average molecular weight is 659 g/mol. The van der Waals surface area contributed by atoms with E-state index < -0.39 is 0 Å². The van der Waals surface area contributed by atoms with Crippen molar-refractivity contribution in [3.8, 4) is 5.75 Å². The van der Waals surface area contributed by atoms with Gasteiger partial charge in [-0.05, 0) is 83.8 Å². The molecule has 0 aromatic heterocycles. The lowest BCUT2D eigenvalue weighted by atomic mass is 9.80. The summed E-state index contributed by atoms with van der Waals surface area (Å²) in [5, 5.41) is 0. The summed E-state index contributed by atoms with van der Waals surface area (Å²) in [6.07, 6.45) is 7.74. The predicted octanol–water partition coefficient (Wildman–Crippen LogP) is 13.4. The molecule has 0 unspecified atom stereocenters. The molecular formula is C49H54O. The smallest absolute Gasteiger partial charge is 0.119 e. The van der Waals surface area contributed by atoms with Crippen LogP contribution in [0.1, 0.15) is 107 Å². The summed E-state index contributed by atoms with van der Waals surface area (Å²) >= 11 is 0. The molecule has 0 saturated carbocycles. The van der Waals surface area contributed by atoms with Gasteiger partial charge in [0.1, 0.15) is 5.75 Å². The standard InChI is InChI=1S/C27H32O.C22H22/c1-2-3-4-5-6-13-22-28-26-20-18-25(19-21-26)27(23-14-9-7-10-15-23)24-16-11-8-12-17-24;1-16-14-17(2)21(18(3)15-16)22(19-10-6-4-7-11-19)20-12-8-5-9-13-20/h7-12,14-21,27H,2-6,13,22H2,1H3;4-15,22H,1-3H3. The first kappa shape index (κ1) is 36.4. The zero-order valence-corrected chi connectivity index (χ0v) is 30.5. The van der Waals surface area contributed by atoms with Gasteiger partial charge in [0, 0.05) is 11.8 Å². The lowest BCUT2D eigenvalue weighted by Gasteiger charge is -2.23. The predicted molar refractivity (Wildman–Crippen MR) is 214 cm³/mol. The Morgan fingerprint density at radius 1 is 0.420 bits per heavy atom. The molecule has 0 amide bonds. The highest BCUT2D eigenvalue weighted by molar-refractivity contribution is 5.50. The second kappa shape index (κ2) is 19.3. The minimum atomic E-state index is 0.245. The number of ether oxygens (including phenoxy) is 1. The van der Waals surface area contributed by atoms with Crippen LogP contribution < -0.4 is 4.74 Å². The number of hydrogen-bond donors (Lipinski definition) is 0. The van der Waals surface area contributed by atoms with Crippen molar-refractivity contribution in [3.05, 3.63) is 208 Å². The average Bonchev–Trinajstić information content (AvgIpc) is 3.15. The van der Waals surface area contributed by atoms with Gasteiger partial charge < -0.3 is 4.74 Å². The fraction of sp³-hybridized carbons (Fsp3) is 0.265. The summed E-state index contributed by atoms with van der Waals surface area (Å²) in [5.74, 6) is 1.51. The fourth-order valence-corrected chi connectivity index (χ4v) is 7.16. The summed E-state index contributed by atoms with van der Waals surface area (Å²) in [5.41, 5.74) is 12.1. The monoisotopic (exact) mass is 658 g/mol. The fourth-order valence-electron chi connectivity index (χ4n) is 7.16. The molecule has 0 aliphatic rings. The molecule has 0 fully saturated rings. The molecule has 0 atom stereocenters. The highest BCUT2D eigenvalue weighted by atomic mass is 16.5. The molecule has 6 aromatic carbocycles. The molecule has 0 saturated heterocycles. The number of hydrogen-bond acceptors (Lipinski definition) is 1. The molecule has 6 rings (SSSR count). The Morgan fingerprint density at radius 2 is 0.800 bits per heavy atom. The maximum Gasteiger partial charge on any atom is 0.119 e. The van der Waals surface area contributed by atoms with Gasteiger partial charge in [-0.1, -0.05) is 190 Å². The summed E-state index contributed by atoms with van der Waals surface area (Å²) in [6.45, 7) is 9.70. The van der Waals surface area contributed by atoms with E-state index in [1.54, 1.807) is 0 Å². The van der Waals surface area contributed by atoms with Gasteiger partial charge >= 0.3 is 0 Å². The third-order valence-electron chi connectivity index (χ3n) is 9.54. The van der Waals surface area contributed by atoms with E-state index in [4.69, 9.17) is 4.74 Å². The van der Waals surface area contributed by atoms with Crippen LogP contribution in [-0.2, 0) is 0 Å². The van der Waals surface area contributed by atoms with Crippen molar-refractivity contribution in [3.63, 3.8) is 0 Å². The molecule has 0 aliphatic carbocycles. The zero-order valence-electron chi connectivity index (χ0n) is 30.5. The van der Waals surface area contributed by atoms with E-state index in [2.05, 4.69) is 185 Å². The molecule has 50 heavy (non-hydrogen) atoms. The molecule has 0 spiro atoms. The van der Waals surface area contributed by atoms with Crippen molar-refractivity contribution in [1.29, 1.82) is 0 Å². The van der Waals surface area contributed by atoms with Crippen molar-refractivity contribution in [2.24, 2.45) is 0 Å². The van der Waals surface area contributed by atoms with Crippen LogP contribution in [0, 0.1) is 20.8 Å². The molecule has 6 aromatic rings. The van der Waals surface area contributed by atoms with Crippen LogP contribution in [0.25, 0.3) is 0 Å². The maximum absolute atomic E-state index is 5.96. The van der Waals surface area contributed by atoms with Crippen molar-refractivity contribution >= 4 is 0 Å². The first-order chi connectivity index (χ1) is 24.5. The normalized spacial score (nSPS) is 10.9. The quantitative estimate of drug-likeness (QED) is 0.0836. The first-order valence-electron chi connectivity index (χ1n) is 18.6. The Kier molecular flexibility index (Phi) is 14.1. The maximum atomic E-state index is 5.96. The van der Waals surface area contributed by atoms with Gasteiger partial charge in [-0.3, -0.25) is 0 Å². The SMILES string of the molecule is CCCCCCCCOc1ccc(C(c2ccccc2)c2ccccc2)cc1.Cc1cc(C)c(C(c2ccccc2)c2ccccc2)c(C)c1. The summed E-state index contributed by atoms with van der Waals surface area (Å²) in [6, 6.07) is 56.3. The van der Waals surface area contributed by atoms with Gasteiger partial charge in [0.25, 0.3) is 0 Å². The third-order valence-corrected chi connectivity index (χ3v) is 9.54. The van der Waals surface area contributed by atoms with Crippen LogP contribution >= 0.6 is 0 Å². The number of benzene rings is 6.